The van der Waals surface area contributed by atoms with E-state index in [1.165, 1.54) is 27.3 Å². The zero-order valence-corrected chi connectivity index (χ0v) is 29.4. The van der Waals surface area contributed by atoms with Crippen molar-refractivity contribution in [1.29, 1.82) is 0 Å². The van der Waals surface area contributed by atoms with Crippen LogP contribution in [0.15, 0.2) is 198 Å². The van der Waals surface area contributed by atoms with Gasteiger partial charge in [-0.1, -0.05) is 115 Å². The van der Waals surface area contributed by atoms with Gasteiger partial charge < -0.3 is 4.90 Å². The molecular formula is C48H35N3S. The Morgan fingerprint density at radius 2 is 1.13 bits per heavy atom. The number of allylic oxidation sites excluding steroid dienone is 7. The number of hydrogen-bond acceptors (Lipinski definition) is 4. The summed E-state index contributed by atoms with van der Waals surface area (Å²) in [5.41, 5.74) is 14.1. The number of aromatic nitrogens is 2. The molecule has 3 heterocycles. The molecule has 7 aromatic rings. The Labute approximate surface area is 308 Å². The van der Waals surface area contributed by atoms with Crippen LogP contribution in [0, 0.1) is 0 Å². The van der Waals surface area contributed by atoms with Gasteiger partial charge in [-0.3, -0.25) is 0 Å². The third-order valence-corrected chi connectivity index (χ3v) is 12.0. The van der Waals surface area contributed by atoms with Crippen LogP contribution in [-0.2, 0) is 0 Å². The highest BCUT2D eigenvalue weighted by Crippen LogP contribution is 2.52. The molecular weight excluding hydrogens is 651 g/mol. The van der Waals surface area contributed by atoms with Crippen LogP contribution in [-0.4, -0.2) is 15.2 Å². The van der Waals surface area contributed by atoms with Crippen LogP contribution in [0.3, 0.4) is 0 Å². The first-order chi connectivity index (χ1) is 25.7. The zero-order chi connectivity index (χ0) is 34.4. The topological polar surface area (TPSA) is 29.0 Å². The number of benzene rings is 5. The number of anilines is 2. The Morgan fingerprint density at radius 1 is 0.538 bits per heavy atom. The van der Waals surface area contributed by atoms with Gasteiger partial charge in [0, 0.05) is 55.0 Å². The molecule has 3 nitrogen and oxygen atoms in total. The van der Waals surface area contributed by atoms with Gasteiger partial charge in [0.1, 0.15) is 0 Å². The van der Waals surface area contributed by atoms with Crippen LogP contribution in [0.2, 0.25) is 0 Å². The van der Waals surface area contributed by atoms with Crippen LogP contribution < -0.4 is 4.90 Å². The van der Waals surface area contributed by atoms with E-state index in [1.54, 1.807) is 0 Å². The lowest BCUT2D eigenvalue weighted by atomic mass is 9.83. The average molecular weight is 686 g/mol. The minimum absolute atomic E-state index is 0.437. The highest BCUT2D eigenvalue weighted by atomic mass is 32.2. The summed E-state index contributed by atoms with van der Waals surface area (Å²) in [6.45, 7) is 0. The van der Waals surface area contributed by atoms with Gasteiger partial charge in [0.15, 0.2) is 0 Å². The predicted molar refractivity (Wildman–Crippen MR) is 218 cm³/mol. The first-order valence-electron chi connectivity index (χ1n) is 18.0. The molecule has 0 spiro atoms. The van der Waals surface area contributed by atoms with Gasteiger partial charge in [-0.25, -0.2) is 9.97 Å². The van der Waals surface area contributed by atoms with Crippen molar-refractivity contribution in [3.63, 3.8) is 0 Å². The molecule has 2 atom stereocenters. The van der Waals surface area contributed by atoms with Crippen molar-refractivity contribution in [2.75, 3.05) is 4.90 Å². The minimum atomic E-state index is 0.437. The average Bonchev–Trinajstić information content (AvgIpc) is 3.61. The van der Waals surface area contributed by atoms with Gasteiger partial charge in [0.05, 0.1) is 22.4 Å². The van der Waals surface area contributed by atoms with E-state index in [0.29, 0.717) is 11.2 Å². The molecule has 0 bridgehead atoms. The molecule has 1 aliphatic heterocycles. The summed E-state index contributed by atoms with van der Waals surface area (Å²) < 4.78 is 0. The maximum atomic E-state index is 4.96. The van der Waals surface area contributed by atoms with Gasteiger partial charge in [0.25, 0.3) is 0 Å². The second-order valence-corrected chi connectivity index (χ2v) is 14.8. The molecule has 0 N–H and O–H groups in total. The second kappa shape index (κ2) is 13.0. The number of rotatable bonds is 6. The maximum absolute atomic E-state index is 4.96. The number of pyridine rings is 2. The van der Waals surface area contributed by atoms with E-state index >= 15 is 0 Å². The van der Waals surface area contributed by atoms with E-state index in [9.17, 15) is 0 Å². The number of fused-ring (bicyclic) bond motifs is 5. The minimum Gasteiger partial charge on any atom is -0.314 e. The largest absolute Gasteiger partial charge is 0.314 e. The van der Waals surface area contributed by atoms with Crippen LogP contribution >= 0.6 is 11.8 Å². The molecule has 52 heavy (non-hydrogen) atoms. The smallest absolute Gasteiger partial charge is 0.0709 e. The van der Waals surface area contributed by atoms with Crippen molar-refractivity contribution in [3.8, 4) is 22.5 Å². The van der Waals surface area contributed by atoms with Gasteiger partial charge >= 0.3 is 0 Å². The number of para-hydroxylation sites is 2. The molecule has 0 saturated carbocycles. The lowest BCUT2D eigenvalue weighted by Crippen LogP contribution is -2.20. The highest BCUT2D eigenvalue weighted by Gasteiger charge is 2.36. The Hall–Kier alpha value is -5.97. The molecule has 0 saturated heterocycles. The fraction of sp³-hybridized carbons (Fsp3) is 0.0833. The second-order valence-electron chi connectivity index (χ2n) is 13.7. The summed E-state index contributed by atoms with van der Waals surface area (Å²) in [7, 11) is 0. The van der Waals surface area contributed by atoms with Gasteiger partial charge in [-0.05, 0) is 90.2 Å². The maximum Gasteiger partial charge on any atom is 0.0709 e. The van der Waals surface area contributed by atoms with Crippen LogP contribution in [0.5, 0.6) is 0 Å². The molecule has 10 rings (SSSR count). The molecule has 2 aromatic heterocycles. The number of thioether (sulfide) groups is 1. The fourth-order valence-corrected chi connectivity index (χ4v) is 9.42. The van der Waals surface area contributed by atoms with Crippen molar-refractivity contribution in [2.24, 2.45) is 0 Å². The molecule has 0 amide bonds. The van der Waals surface area contributed by atoms with Crippen LogP contribution in [0.1, 0.15) is 24.3 Å². The number of hydrogen-bond donors (Lipinski definition) is 0. The SMILES string of the molecule is C1=CC2c3ccccc3SC2C(C2=CC=C(N(c3ccc(-c4ccc5ccccc5n4)cc3)c3ccc(-c4ccc5ccccc5n4)cc3)CC2)=C1. The fourth-order valence-electron chi connectivity index (χ4n) is 7.91. The Morgan fingerprint density at radius 3 is 1.75 bits per heavy atom. The van der Waals surface area contributed by atoms with E-state index in [1.807, 2.05) is 23.9 Å². The summed E-state index contributed by atoms with van der Waals surface area (Å²) in [5.74, 6) is 0.440. The monoisotopic (exact) mass is 685 g/mol. The van der Waals surface area contributed by atoms with Crippen LogP contribution in [0.4, 0.5) is 11.4 Å². The lowest BCUT2D eigenvalue weighted by molar-refractivity contribution is 0.811. The molecule has 3 aliphatic rings. The molecule has 5 aromatic carbocycles. The van der Waals surface area contributed by atoms with Crippen molar-refractivity contribution >= 4 is 44.9 Å². The summed E-state index contributed by atoms with van der Waals surface area (Å²) in [4.78, 5) is 13.8. The normalized spacial score (nSPS) is 17.7. The van der Waals surface area contributed by atoms with Crippen molar-refractivity contribution < 1.29 is 0 Å². The van der Waals surface area contributed by atoms with Gasteiger partial charge in [0.2, 0.25) is 0 Å². The van der Waals surface area contributed by atoms with Crippen LogP contribution in [0.25, 0.3) is 44.3 Å². The molecule has 0 fully saturated rings. The predicted octanol–water partition coefficient (Wildman–Crippen LogP) is 12.6. The highest BCUT2D eigenvalue weighted by molar-refractivity contribution is 8.00. The molecule has 248 valence electrons. The van der Waals surface area contributed by atoms with Crippen molar-refractivity contribution in [2.45, 2.75) is 28.9 Å². The summed E-state index contributed by atoms with van der Waals surface area (Å²) >= 11 is 2.02. The Bertz CT molecular complexity index is 2490. The molecule has 2 aliphatic carbocycles. The van der Waals surface area contributed by atoms with E-state index in [-0.39, 0.29) is 0 Å². The van der Waals surface area contributed by atoms with E-state index in [0.717, 1.165) is 68.5 Å². The number of nitrogens with zero attached hydrogens (tertiary/aromatic N) is 3. The lowest BCUT2D eigenvalue weighted by Gasteiger charge is -2.32. The zero-order valence-electron chi connectivity index (χ0n) is 28.6. The Kier molecular flexibility index (Phi) is 7.69. The Balaban J connectivity index is 0.996. The summed E-state index contributed by atoms with van der Waals surface area (Å²) in [6, 6.07) is 51.8. The molecule has 4 heteroatoms. The third-order valence-electron chi connectivity index (χ3n) is 10.6. The molecule has 0 radical (unpaired) electrons. The van der Waals surface area contributed by atoms with E-state index in [4.69, 9.17) is 9.97 Å². The van der Waals surface area contributed by atoms with E-state index < -0.39 is 0 Å². The van der Waals surface area contributed by atoms with Crippen molar-refractivity contribution in [1.82, 2.24) is 9.97 Å². The van der Waals surface area contributed by atoms with Gasteiger partial charge in [-0.2, -0.15) is 0 Å². The summed E-state index contributed by atoms with van der Waals surface area (Å²) in [6.07, 6.45) is 13.7. The quantitative estimate of drug-likeness (QED) is 0.174. The van der Waals surface area contributed by atoms with Crippen molar-refractivity contribution in [3.05, 3.63) is 198 Å². The third kappa shape index (κ3) is 5.57. The first kappa shape index (κ1) is 30.8. The standard InChI is InChI=1S/C48H35N3S/c1-4-13-43-33(8-1)22-30-45(49-43)35-18-26-38(27-19-35)51(39-28-20-36(21-29-39)46-31-23-34-9-2-5-14-44(34)50-46)37-24-16-32(17-25-37)40-11-7-12-42-41-10-3-6-15-47(41)52-48(40)42/h1-16,18-24,26-31,42,48H,17,25H2. The van der Waals surface area contributed by atoms with E-state index in [2.05, 4.69) is 169 Å². The molecule has 2 unspecified atom stereocenters. The van der Waals surface area contributed by atoms with Gasteiger partial charge in [-0.15, -0.1) is 11.8 Å². The summed E-state index contributed by atoms with van der Waals surface area (Å²) in [5, 5.41) is 2.74. The first-order valence-corrected chi connectivity index (χ1v) is 18.9.